The van der Waals surface area contributed by atoms with Crippen LogP contribution in [0.3, 0.4) is 0 Å². The van der Waals surface area contributed by atoms with Gasteiger partial charge in [0.1, 0.15) is 6.10 Å². The first-order chi connectivity index (χ1) is 17.1. The van der Waals surface area contributed by atoms with Gasteiger partial charge in [-0.05, 0) is 53.3 Å². The number of hydrogen-bond acceptors (Lipinski definition) is 3. The molecule has 3 rings (SSSR count). The highest BCUT2D eigenvalue weighted by molar-refractivity contribution is 6.16. The van der Waals surface area contributed by atoms with Crippen molar-refractivity contribution in [1.29, 1.82) is 0 Å². The smallest absolute Gasteiger partial charge is 0.339 e. The molecule has 1 N–H and O–H groups in total. The van der Waals surface area contributed by atoms with E-state index in [1.807, 2.05) is 36.4 Å². The molecule has 0 aliphatic rings. The Balaban J connectivity index is 1.54. The van der Waals surface area contributed by atoms with E-state index in [0.717, 1.165) is 79.3 Å². The van der Waals surface area contributed by atoms with Crippen molar-refractivity contribution in [1.82, 2.24) is 0 Å². The number of hydrogen-bond donors (Lipinski definition) is 1. The van der Waals surface area contributed by atoms with E-state index in [2.05, 4.69) is 25.1 Å². The molecular weight excluding hydrogens is 436 g/mol. The van der Waals surface area contributed by atoms with Gasteiger partial charge in [-0.3, -0.25) is 4.79 Å². The second-order valence-electron chi connectivity index (χ2n) is 9.62. The first-order valence-electron chi connectivity index (χ1n) is 13.4. The molecule has 3 aromatic rings. The highest BCUT2D eigenvalue weighted by Gasteiger charge is 2.20. The molecule has 1 unspecified atom stereocenters. The Morgan fingerprint density at radius 2 is 1.26 bits per heavy atom. The fourth-order valence-corrected chi connectivity index (χ4v) is 4.85. The van der Waals surface area contributed by atoms with Crippen molar-refractivity contribution in [2.75, 3.05) is 0 Å². The normalized spacial score (nSPS) is 12.1. The average molecular weight is 477 g/mol. The molecule has 0 radical (unpaired) electrons. The van der Waals surface area contributed by atoms with E-state index in [-0.39, 0.29) is 18.5 Å². The molecule has 35 heavy (non-hydrogen) atoms. The topological polar surface area (TPSA) is 63.6 Å². The molecule has 4 nitrogen and oxygen atoms in total. The Labute approximate surface area is 209 Å². The van der Waals surface area contributed by atoms with Crippen molar-refractivity contribution in [3.05, 3.63) is 60.2 Å². The lowest BCUT2D eigenvalue weighted by Crippen LogP contribution is -2.19. The van der Waals surface area contributed by atoms with Crippen LogP contribution in [-0.4, -0.2) is 23.1 Å². The number of ether oxygens (including phenoxy) is 1. The minimum atomic E-state index is -0.697. The summed E-state index contributed by atoms with van der Waals surface area (Å²) < 4.78 is 6.16. The van der Waals surface area contributed by atoms with Crippen LogP contribution in [0.5, 0.6) is 0 Å². The molecule has 0 saturated carbocycles. The van der Waals surface area contributed by atoms with E-state index in [0.29, 0.717) is 5.56 Å². The molecule has 4 heteroatoms. The van der Waals surface area contributed by atoms with Crippen LogP contribution in [0, 0.1) is 0 Å². The van der Waals surface area contributed by atoms with Gasteiger partial charge in [-0.2, -0.15) is 0 Å². The van der Waals surface area contributed by atoms with Crippen LogP contribution < -0.4 is 0 Å². The average Bonchev–Trinajstić information content (AvgIpc) is 2.86. The van der Waals surface area contributed by atoms with Gasteiger partial charge in [-0.15, -0.1) is 0 Å². The quantitative estimate of drug-likeness (QED) is 0.128. The molecule has 0 bridgehead atoms. The van der Waals surface area contributed by atoms with Crippen molar-refractivity contribution >= 4 is 33.5 Å². The highest BCUT2D eigenvalue weighted by Crippen LogP contribution is 2.30. The van der Waals surface area contributed by atoms with Crippen LogP contribution in [0.15, 0.2) is 54.6 Å². The molecule has 0 spiro atoms. The van der Waals surface area contributed by atoms with Gasteiger partial charge >= 0.3 is 11.9 Å². The van der Waals surface area contributed by atoms with E-state index in [1.165, 1.54) is 19.3 Å². The molecule has 0 aliphatic carbocycles. The Morgan fingerprint density at radius 3 is 1.83 bits per heavy atom. The first-order valence-corrected chi connectivity index (χ1v) is 13.4. The summed E-state index contributed by atoms with van der Waals surface area (Å²) in [6.45, 7) is 2.17. The van der Waals surface area contributed by atoms with Crippen LogP contribution in [0.4, 0.5) is 0 Å². The molecular formula is C31H40O4. The minimum Gasteiger partial charge on any atom is -0.481 e. The van der Waals surface area contributed by atoms with Crippen molar-refractivity contribution in [3.8, 4) is 0 Å². The molecule has 0 amide bonds. The molecule has 3 aromatic carbocycles. The monoisotopic (exact) mass is 476 g/mol. The predicted octanol–water partition coefficient (Wildman–Crippen LogP) is 8.69. The zero-order chi connectivity index (χ0) is 24.9. The van der Waals surface area contributed by atoms with Gasteiger partial charge in [0.15, 0.2) is 0 Å². The summed E-state index contributed by atoms with van der Waals surface area (Å²) >= 11 is 0. The maximum Gasteiger partial charge on any atom is 0.339 e. The van der Waals surface area contributed by atoms with Gasteiger partial charge < -0.3 is 9.84 Å². The number of carboxylic acids is 1. The van der Waals surface area contributed by atoms with E-state index < -0.39 is 5.97 Å². The fraction of sp³-hybridized carbons (Fsp3) is 0.484. The van der Waals surface area contributed by atoms with Gasteiger partial charge in [0.05, 0.1) is 5.56 Å². The van der Waals surface area contributed by atoms with Gasteiger partial charge in [-0.1, -0.05) is 107 Å². The van der Waals surface area contributed by atoms with Crippen LogP contribution >= 0.6 is 0 Å². The van der Waals surface area contributed by atoms with Gasteiger partial charge in [-0.25, -0.2) is 4.79 Å². The number of carbonyl (C=O) groups is 2. The number of aliphatic carboxylic acids is 1. The lowest BCUT2D eigenvalue weighted by Gasteiger charge is -2.19. The van der Waals surface area contributed by atoms with E-state index in [4.69, 9.17) is 9.84 Å². The summed E-state index contributed by atoms with van der Waals surface area (Å²) in [5.41, 5.74) is 0.683. The SMILES string of the molecule is CCCCC(CCCCCCCCCCC(=O)O)OC(=O)c1c2ccccc2cc2ccccc12. The number of carboxylic acid groups (broad SMARTS) is 1. The number of benzene rings is 3. The lowest BCUT2D eigenvalue weighted by molar-refractivity contribution is -0.137. The second kappa shape index (κ2) is 14.5. The van der Waals surface area contributed by atoms with E-state index >= 15 is 0 Å². The van der Waals surface area contributed by atoms with Crippen LogP contribution in [-0.2, 0) is 9.53 Å². The fourth-order valence-electron chi connectivity index (χ4n) is 4.85. The Bertz CT molecular complexity index is 1030. The zero-order valence-corrected chi connectivity index (χ0v) is 21.1. The molecule has 0 saturated heterocycles. The molecule has 0 fully saturated rings. The molecule has 0 heterocycles. The Kier molecular flexibility index (Phi) is 11.1. The summed E-state index contributed by atoms with van der Waals surface area (Å²) in [4.78, 5) is 24.0. The Morgan fingerprint density at radius 1 is 0.743 bits per heavy atom. The zero-order valence-electron chi connectivity index (χ0n) is 21.1. The highest BCUT2D eigenvalue weighted by atomic mass is 16.5. The van der Waals surface area contributed by atoms with Gasteiger partial charge in [0.25, 0.3) is 0 Å². The molecule has 0 aromatic heterocycles. The van der Waals surface area contributed by atoms with Crippen molar-refractivity contribution in [2.24, 2.45) is 0 Å². The van der Waals surface area contributed by atoms with Crippen LogP contribution in [0.2, 0.25) is 0 Å². The van der Waals surface area contributed by atoms with Crippen LogP contribution in [0.25, 0.3) is 21.5 Å². The maximum absolute atomic E-state index is 13.5. The molecule has 1 atom stereocenters. The summed E-state index contributed by atoms with van der Waals surface area (Å²) in [7, 11) is 0. The summed E-state index contributed by atoms with van der Waals surface area (Å²) in [5, 5.41) is 12.7. The summed E-state index contributed by atoms with van der Waals surface area (Å²) in [6, 6.07) is 18.3. The number of unbranched alkanes of at least 4 members (excludes halogenated alkanes) is 8. The lowest BCUT2D eigenvalue weighted by atomic mass is 9.96. The second-order valence-corrected chi connectivity index (χ2v) is 9.62. The van der Waals surface area contributed by atoms with Gasteiger partial charge in [0.2, 0.25) is 0 Å². The number of esters is 1. The molecule has 188 valence electrons. The summed E-state index contributed by atoms with van der Waals surface area (Å²) in [6.07, 6.45) is 12.9. The first kappa shape index (κ1) is 26.7. The third-order valence-electron chi connectivity index (χ3n) is 6.80. The minimum absolute atomic E-state index is 0.0452. The standard InChI is InChI=1S/C31H40O4/c1-2-3-18-26(19-10-8-6-4-5-7-9-11-22-29(32)33)35-31(34)30-27-20-14-12-16-24(27)23-25-17-13-15-21-28(25)30/h12-17,20-21,23,26H,2-11,18-19,22H2,1H3,(H,32,33). The number of carbonyl (C=O) groups excluding carboxylic acids is 1. The summed E-state index contributed by atoms with van der Waals surface area (Å²) in [5.74, 6) is -0.905. The van der Waals surface area contributed by atoms with Gasteiger partial charge in [0, 0.05) is 6.42 Å². The third kappa shape index (κ3) is 8.38. The van der Waals surface area contributed by atoms with Crippen LogP contribution in [0.1, 0.15) is 101 Å². The Hall–Kier alpha value is -2.88. The molecule has 0 aliphatic heterocycles. The van der Waals surface area contributed by atoms with E-state index in [1.54, 1.807) is 0 Å². The van der Waals surface area contributed by atoms with Crippen molar-refractivity contribution in [3.63, 3.8) is 0 Å². The van der Waals surface area contributed by atoms with Crippen molar-refractivity contribution < 1.29 is 19.4 Å². The maximum atomic E-state index is 13.5. The van der Waals surface area contributed by atoms with E-state index in [9.17, 15) is 9.59 Å². The number of fused-ring (bicyclic) bond motifs is 2. The largest absolute Gasteiger partial charge is 0.481 e. The number of rotatable bonds is 16. The third-order valence-corrected chi connectivity index (χ3v) is 6.80. The predicted molar refractivity (Wildman–Crippen MR) is 144 cm³/mol. The van der Waals surface area contributed by atoms with Crippen molar-refractivity contribution in [2.45, 2.75) is 96.5 Å².